The normalized spacial score (nSPS) is 22.9. The van der Waals surface area contributed by atoms with Crippen molar-refractivity contribution in [3.8, 4) is 5.75 Å². The molecule has 0 aliphatic carbocycles. The molecule has 0 radical (unpaired) electrons. The van der Waals surface area contributed by atoms with Crippen molar-refractivity contribution < 1.29 is 23.8 Å². The van der Waals surface area contributed by atoms with Gasteiger partial charge >= 0.3 is 12.1 Å². The van der Waals surface area contributed by atoms with Crippen LogP contribution in [0.1, 0.15) is 58.9 Å². The third kappa shape index (κ3) is 5.63. The first-order valence-electron chi connectivity index (χ1n) is 9.96. The molecule has 0 saturated carbocycles. The quantitative estimate of drug-likeness (QED) is 0.713. The van der Waals surface area contributed by atoms with Crippen molar-refractivity contribution >= 4 is 12.1 Å². The van der Waals surface area contributed by atoms with E-state index >= 15 is 0 Å². The number of carbonyl (C=O) groups excluding carboxylic acids is 2. The fraction of sp³-hybridized carbons (Fsp3) is 0.636. The topological polar surface area (TPSA) is 65.1 Å². The van der Waals surface area contributed by atoms with Gasteiger partial charge in [-0.05, 0) is 71.1 Å². The lowest BCUT2D eigenvalue weighted by atomic mass is 9.81. The van der Waals surface area contributed by atoms with Crippen LogP contribution in [0.3, 0.4) is 0 Å². The van der Waals surface area contributed by atoms with Crippen LogP contribution in [-0.4, -0.2) is 48.9 Å². The van der Waals surface area contributed by atoms with Gasteiger partial charge in [0.25, 0.3) is 0 Å². The second-order valence-electron chi connectivity index (χ2n) is 8.29. The molecule has 1 unspecified atom stereocenters. The van der Waals surface area contributed by atoms with Crippen molar-refractivity contribution in [2.75, 3.05) is 20.3 Å². The summed E-state index contributed by atoms with van der Waals surface area (Å²) in [5.74, 6) is 0.227. The first-order chi connectivity index (χ1) is 13.2. The van der Waals surface area contributed by atoms with Gasteiger partial charge in [0, 0.05) is 12.6 Å². The van der Waals surface area contributed by atoms with Gasteiger partial charge in [0.1, 0.15) is 11.4 Å². The van der Waals surface area contributed by atoms with Crippen molar-refractivity contribution in [1.82, 2.24) is 4.90 Å². The Kier molecular flexibility index (Phi) is 7.33. The van der Waals surface area contributed by atoms with E-state index in [4.69, 9.17) is 14.2 Å². The maximum atomic E-state index is 12.7. The second kappa shape index (κ2) is 9.30. The summed E-state index contributed by atoms with van der Waals surface area (Å²) in [7, 11) is 1.63. The third-order valence-corrected chi connectivity index (χ3v) is 5.06. The van der Waals surface area contributed by atoms with Crippen LogP contribution in [0.15, 0.2) is 24.3 Å². The molecule has 1 aliphatic rings. The van der Waals surface area contributed by atoms with Crippen molar-refractivity contribution in [3.05, 3.63) is 29.8 Å². The maximum Gasteiger partial charge on any atom is 0.410 e. The molecule has 1 aromatic carbocycles. The fourth-order valence-corrected chi connectivity index (χ4v) is 3.71. The van der Waals surface area contributed by atoms with Gasteiger partial charge < -0.3 is 19.1 Å². The summed E-state index contributed by atoms with van der Waals surface area (Å²) in [4.78, 5) is 27.1. The summed E-state index contributed by atoms with van der Waals surface area (Å²) in [6, 6.07) is 7.66. The molecule has 0 bridgehead atoms. The Balaban J connectivity index is 2.29. The van der Waals surface area contributed by atoms with Gasteiger partial charge in [-0.1, -0.05) is 12.1 Å². The Morgan fingerprint density at radius 1 is 1.18 bits per heavy atom. The number of methoxy groups -OCH3 is 1. The van der Waals surface area contributed by atoms with E-state index in [1.807, 2.05) is 58.9 Å². The highest BCUT2D eigenvalue weighted by molar-refractivity contribution is 5.74. The molecule has 1 fully saturated rings. The summed E-state index contributed by atoms with van der Waals surface area (Å²) in [5, 5.41) is 0. The predicted octanol–water partition coefficient (Wildman–Crippen LogP) is 4.38. The summed E-state index contributed by atoms with van der Waals surface area (Å²) in [5.41, 5.74) is 0.496. The van der Waals surface area contributed by atoms with Crippen molar-refractivity contribution in [2.45, 2.75) is 65.0 Å². The van der Waals surface area contributed by atoms with Gasteiger partial charge in [0.15, 0.2) is 0 Å². The summed E-state index contributed by atoms with van der Waals surface area (Å²) >= 11 is 0. The molecule has 28 heavy (non-hydrogen) atoms. The lowest BCUT2D eigenvalue weighted by Gasteiger charge is -2.30. The van der Waals surface area contributed by atoms with Crippen molar-refractivity contribution in [2.24, 2.45) is 5.92 Å². The van der Waals surface area contributed by atoms with Crippen molar-refractivity contribution in [3.63, 3.8) is 0 Å². The molecule has 2 rings (SSSR count). The first-order valence-corrected chi connectivity index (χ1v) is 9.96. The van der Waals surface area contributed by atoms with Crippen LogP contribution < -0.4 is 4.74 Å². The van der Waals surface area contributed by atoms with Gasteiger partial charge in [-0.3, -0.25) is 4.79 Å². The SMILES string of the molecule is CCOC(=O)[C@H]1CC(C)N(C(=O)OC(C)(C)C)CC[C@H]1c1ccc(OC)cc1. The highest BCUT2D eigenvalue weighted by Crippen LogP contribution is 2.37. The summed E-state index contributed by atoms with van der Waals surface area (Å²) < 4.78 is 16.2. The van der Waals surface area contributed by atoms with E-state index in [1.54, 1.807) is 12.0 Å². The molecule has 0 aromatic heterocycles. The largest absolute Gasteiger partial charge is 0.497 e. The van der Waals surface area contributed by atoms with Gasteiger partial charge in [0.05, 0.1) is 19.6 Å². The Morgan fingerprint density at radius 2 is 1.82 bits per heavy atom. The molecule has 1 saturated heterocycles. The zero-order valence-corrected chi connectivity index (χ0v) is 17.9. The molecule has 1 aliphatic heterocycles. The highest BCUT2D eigenvalue weighted by atomic mass is 16.6. The Labute approximate surface area is 168 Å². The molecular formula is C22H33NO5. The smallest absolute Gasteiger partial charge is 0.410 e. The van der Waals surface area contributed by atoms with Crippen LogP contribution in [0.2, 0.25) is 0 Å². The number of hydrogen-bond acceptors (Lipinski definition) is 5. The molecule has 156 valence electrons. The Hall–Kier alpha value is -2.24. The molecule has 6 heteroatoms. The minimum absolute atomic E-state index is 0.0279. The standard InChI is InChI=1S/C22H33NO5/c1-7-27-20(24)19-14-15(2)23(21(25)28-22(3,4)5)13-12-18(19)16-8-10-17(26-6)11-9-16/h8-11,15,18-19H,7,12-14H2,1-6H3/t15?,18-,19-/m0/s1. The molecule has 6 nitrogen and oxygen atoms in total. The zero-order chi connectivity index (χ0) is 20.9. The average molecular weight is 392 g/mol. The number of amides is 1. The lowest BCUT2D eigenvalue weighted by Crippen LogP contribution is -2.42. The zero-order valence-electron chi connectivity index (χ0n) is 17.9. The van der Waals surface area contributed by atoms with Crippen LogP contribution in [-0.2, 0) is 14.3 Å². The van der Waals surface area contributed by atoms with E-state index in [9.17, 15) is 9.59 Å². The number of carbonyl (C=O) groups is 2. The number of esters is 1. The van der Waals surface area contributed by atoms with E-state index in [0.717, 1.165) is 11.3 Å². The van der Waals surface area contributed by atoms with E-state index in [2.05, 4.69) is 0 Å². The van der Waals surface area contributed by atoms with Crippen molar-refractivity contribution in [1.29, 1.82) is 0 Å². The van der Waals surface area contributed by atoms with Gasteiger partial charge in [-0.15, -0.1) is 0 Å². The summed E-state index contributed by atoms with van der Waals surface area (Å²) in [6.07, 6.45) is 0.867. The van der Waals surface area contributed by atoms with Crippen LogP contribution in [0.4, 0.5) is 4.79 Å². The molecule has 1 aromatic rings. The maximum absolute atomic E-state index is 12.7. The van der Waals surface area contributed by atoms with E-state index in [1.165, 1.54) is 0 Å². The molecule has 3 atom stereocenters. The van der Waals surface area contributed by atoms with Gasteiger partial charge in [0.2, 0.25) is 0 Å². The minimum atomic E-state index is -0.557. The average Bonchev–Trinajstić information content (AvgIpc) is 2.79. The van der Waals surface area contributed by atoms with E-state index in [-0.39, 0.29) is 29.9 Å². The van der Waals surface area contributed by atoms with Crippen LogP contribution >= 0.6 is 0 Å². The van der Waals surface area contributed by atoms with Gasteiger partial charge in [-0.2, -0.15) is 0 Å². The van der Waals surface area contributed by atoms with Crippen LogP contribution in [0.25, 0.3) is 0 Å². The number of ether oxygens (including phenoxy) is 3. The predicted molar refractivity (Wildman–Crippen MR) is 107 cm³/mol. The third-order valence-electron chi connectivity index (χ3n) is 5.06. The molecule has 1 amide bonds. The monoisotopic (exact) mass is 391 g/mol. The first kappa shape index (κ1) is 22.1. The Morgan fingerprint density at radius 3 is 2.36 bits per heavy atom. The molecule has 0 N–H and O–H groups in total. The minimum Gasteiger partial charge on any atom is -0.497 e. The number of benzene rings is 1. The molecule has 0 spiro atoms. The second-order valence-corrected chi connectivity index (χ2v) is 8.29. The molecule has 1 heterocycles. The Bertz CT molecular complexity index is 664. The number of rotatable bonds is 4. The number of hydrogen-bond donors (Lipinski definition) is 0. The number of nitrogens with zero attached hydrogens (tertiary/aromatic N) is 1. The van der Waals surface area contributed by atoms with Gasteiger partial charge in [-0.25, -0.2) is 4.79 Å². The lowest BCUT2D eigenvalue weighted by molar-refractivity contribution is -0.149. The molecular weight excluding hydrogens is 358 g/mol. The fourth-order valence-electron chi connectivity index (χ4n) is 3.71. The van der Waals surface area contributed by atoms with E-state index in [0.29, 0.717) is 26.0 Å². The van der Waals surface area contributed by atoms with Crippen LogP contribution in [0, 0.1) is 5.92 Å². The van der Waals surface area contributed by atoms with Crippen LogP contribution in [0.5, 0.6) is 5.75 Å². The van der Waals surface area contributed by atoms with E-state index < -0.39 is 5.60 Å². The number of likely N-dealkylation sites (tertiary alicyclic amines) is 1. The highest BCUT2D eigenvalue weighted by Gasteiger charge is 2.39. The summed E-state index contributed by atoms with van der Waals surface area (Å²) in [6.45, 7) is 10.2.